The minimum Gasteiger partial charge on any atom is -0.481 e. The van der Waals surface area contributed by atoms with E-state index in [2.05, 4.69) is 22.8 Å². The summed E-state index contributed by atoms with van der Waals surface area (Å²) in [5.74, 6) is -1.41. The molecule has 34 heavy (non-hydrogen) atoms. The second-order valence-corrected chi connectivity index (χ2v) is 8.73. The van der Waals surface area contributed by atoms with Gasteiger partial charge in [0.25, 0.3) is 0 Å². The summed E-state index contributed by atoms with van der Waals surface area (Å²) in [5.41, 5.74) is 4.61. The maximum atomic E-state index is 12.2. The molecule has 0 aliphatic heterocycles. The molecule has 3 aromatic carbocycles. The fraction of sp³-hybridized carbons (Fsp3) is 0.222. The number of nitrogens with one attached hydrogen (secondary N) is 2. The first-order valence-electron chi connectivity index (χ1n) is 11.0. The number of amides is 2. The molecule has 7 nitrogen and oxygen atoms in total. The molecule has 0 aromatic heterocycles. The van der Waals surface area contributed by atoms with Gasteiger partial charge in [-0.2, -0.15) is 0 Å². The molecule has 0 saturated heterocycles. The molecule has 0 radical (unpaired) electrons. The van der Waals surface area contributed by atoms with Crippen molar-refractivity contribution in [3.8, 4) is 11.1 Å². The van der Waals surface area contributed by atoms with Crippen molar-refractivity contribution in [1.29, 1.82) is 0 Å². The van der Waals surface area contributed by atoms with Crippen LogP contribution in [-0.2, 0) is 19.7 Å². The van der Waals surface area contributed by atoms with Crippen molar-refractivity contribution in [3.63, 3.8) is 0 Å². The number of aliphatic carboxylic acids is 1. The Hall–Kier alpha value is -4.13. The van der Waals surface area contributed by atoms with Gasteiger partial charge in [-0.1, -0.05) is 60.7 Å². The van der Waals surface area contributed by atoms with Gasteiger partial charge in [0, 0.05) is 11.6 Å². The number of rotatable bonds is 7. The molecular weight excluding hydrogens is 432 g/mol. The number of hydrogen-bond acceptors (Lipinski definition) is 4. The van der Waals surface area contributed by atoms with E-state index in [0.29, 0.717) is 11.3 Å². The zero-order valence-electron chi connectivity index (χ0n) is 19.0. The smallest absolute Gasteiger partial charge is 0.407 e. The third kappa shape index (κ3) is 4.64. The molecule has 1 aliphatic rings. The Morgan fingerprint density at radius 1 is 0.882 bits per heavy atom. The number of carbonyl (C=O) groups is 3. The van der Waals surface area contributed by atoms with Crippen LogP contribution in [0.3, 0.4) is 0 Å². The quantitative estimate of drug-likeness (QED) is 0.483. The topological polar surface area (TPSA) is 105 Å². The van der Waals surface area contributed by atoms with Crippen LogP contribution in [0, 0.1) is 0 Å². The highest BCUT2D eigenvalue weighted by Crippen LogP contribution is 2.44. The highest BCUT2D eigenvalue weighted by Gasteiger charge is 2.30. The number of carboxylic acids is 1. The maximum absolute atomic E-state index is 12.2. The third-order valence-corrected chi connectivity index (χ3v) is 6.16. The summed E-state index contributed by atoms with van der Waals surface area (Å²) in [6, 6.07) is 22.7. The lowest BCUT2D eigenvalue weighted by molar-refractivity contribution is -0.142. The number of fused-ring (bicyclic) bond motifs is 3. The first kappa shape index (κ1) is 23.0. The molecule has 174 valence electrons. The fourth-order valence-electron chi connectivity index (χ4n) is 4.10. The highest BCUT2D eigenvalue weighted by molar-refractivity contribution is 5.94. The van der Waals surface area contributed by atoms with Crippen molar-refractivity contribution < 1.29 is 24.2 Å². The number of alkyl carbamates (subject to hydrolysis) is 1. The monoisotopic (exact) mass is 458 g/mol. The average Bonchev–Trinajstić information content (AvgIpc) is 3.15. The van der Waals surface area contributed by atoms with E-state index >= 15 is 0 Å². The van der Waals surface area contributed by atoms with Crippen LogP contribution in [0.25, 0.3) is 11.1 Å². The molecule has 3 N–H and O–H groups in total. The number of anilines is 1. The zero-order chi connectivity index (χ0) is 24.3. The van der Waals surface area contributed by atoms with Gasteiger partial charge < -0.3 is 20.5 Å². The van der Waals surface area contributed by atoms with Crippen molar-refractivity contribution in [2.45, 2.75) is 25.2 Å². The van der Waals surface area contributed by atoms with Gasteiger partial charge in [-0.3, -0.25) is 9.59 Å². The predicted octanol–water partition coefficient (Wildman–Crippen LogP) is 4.53. The first-order valence-corrected chi connectivity index (χ1v) is 11.0. The normalized spacial score (nSPS) is 12.4. The molecule has 0 spiro atoms. The molecule has 0 fully saturated rings. The minimum absolute atomic E-state index is 0.0551. The van der Waals surface area contributed by atoms with E-state index in [1.165, 1.54) is 0 Å². The highest BCUT2D eigenvalue weighted by atomic mass is 16.5. The number of ether oxygens (including phenoxy) is 1. The van der Waals surface area contributed by atoms with Crippen LogP contribution in [-0.4, -0.2) is 36.2 Å². The molecule has 0 atom stereocenters. The SMILES string of the molecule is CC(C)(C(=O)O)c1ccc(NC(=O)CNC(=O)OCC2c3ccccc3-c3ccccc32)cc1. The van der Waals surface area contributed by atoms with E-state index in [1.807, 2.05) is 36.4 Å². The number of hydrogen-bond donors (Lipinski definition) is 3. The lowest BCUT2D eigenvalue weighted by Gasteiger charge is -2.20. The van der Waals surface area contributed by atoms with Gasteiger partial charge >= 0.3 is 12.1 Å². The predicted molar refractivity (Wildman–Crippen MR) is 129 cm³/mol. The van der Waals surface area contributed by atoms with Gasteiger partial charge in [0.05, 0.1) is 5.41 Å². The van der Waals surface area contributed by atoms with Gasteiger partial charge in [0.1, 0.15) is 13.2 Å². The van der Waals surface area contributed by atoms with Crippen molar-refractivity contribution >= 4 is 23.7 Å². The summed E-state index contributed by atoms with van der Waals surface area (Å²) in [6.45, 7) is 3.14. The standard InChI is InChI=1S/C27H26N2O5/c1-27(2,25(31)32)17-11-13-18(14-12-17)29-24(30)15-28-26(33)34-16-23-21-9-5-3-7-19(21)20-8-4-6-10-22(20)23/h3-14,23H,15-16H2,1-2H3,(H,28,33)(H,29,30)(H,31,32). The van der Waals surface area contributed by atoms with Crippen LogP contribution in [0.15, 0.2) is 72.8 Å². The zero-order valence-corrected chi connectivity index (χ0v) is 19.0. The van der Waals surface area contributed by atoms with Crippen molar-refractivity contribution in [3.05, 3.63) is 89.5 Å². The van der Waals surface area contributed by atoms with Crippen LogP contribution < -0.4 is 10.6 Å². The van der Waals surface area contributed by atoms with E-state index in [4.69, 9.17) is 4.74 Å². The van der Waals surface area contributed by atoms with Gasteiger partial charge in [0.15, 0.2) is 0 Å². The molecule has 1 aliphatic carbocycles. The van der Waals surface area contributed by atoms with E-state index in [0.717, 1.165) is 22.3 Å². The summed E-state index contributed by atoms with van der Waals surface area (Å²) in [7, 11) is 0. The van der Waals surface area contributed by atoms with E-state index in [-0.39, 0.29) is 19.1 Å². The Morgan fingerprint density at radius 2 is 1.44 bits per heavy atom. The van der Waals surface area contributed by atoms with Gasteiger partial charge in [-0.25, -0.2) is 4.79 Å². The molecule has 0 heterocycles. The number of carbonyl (C=O) groups excluding carboxylic acids is 2. The number of benzene rings is 3. The summed E-state index contributed by atoms with van der Waals surface area (Å²) >= 11 is 0. The van der Waals surface area contributed by atoms with Crippen LogP contribution in [0.4, 0.5) is 10.5 Å². The molecular formula is C27H26N2O5. The van der Waals surface area contributed by atoms with Crippen LogP contribution in [0.2, 0.25) is 0 Å². The van der Waals surface area contributed by atoms with Crippen LogP contribution in [0.1, 0.15) is 36.5 Å². The van der Waals surface area contributed by atoms with Gasteiger partial charge in [-0.05, 0) is 53.8 Å². The van der Waals surface area contributed by atoms with E-state index < -0.39 is 23.4 Å². The second kappa shape index (κ2) is 9.39. The molecule has 0 unspecified atom stereocenters. The van der Waals surface area contributed by atoms with Crippen LogP contribution >= 0.6 is 0 Å². The Balaban J connectivity index is 1.29. The number of carboxylic acid groups (broad SMARTS) is 1. The minimum atomic E-state index is -1.03. The average molecular weight is 459 g/mol. The van der Waals surface area contributed by atoms with E-state index in [9.17, 15) is 19.5 Å². The third-order valence-electron chi connectivity index (χ3n) is 6.16. The van der Waals surface area contributed by atoms with Gasteiger partial charge in [0.2, 0.25) is 5.91 Å². The Kier molecular flexibility index (Phi) is 6.36. The fourth-order valence-corrected chi connectivity index (χ4v) is 4.10. The lowest BCUT2D eigenvalue weighted by atomic mass is 9.85. The van der Waals surface area contributed by atoms with Crippen molar-refractivity contribution in [1.82, 2.24) is 5.32 Å². The Morgan fingerprint density at radius 3 is 2.00 bits per heavy atom. The molecule has 0 saturated carbocycles. The van der Waals surface area contributed by atoms with E-state index in [1.54, 1.807) is 38.1 Å². The van der Waals surface area contributed by atoms with Crippen molar-refractivity contribution in [2.75, 3.05) is 18.5 Å². The van der Waals surface area contributed by atoms with Crippen LogP contribution in [0.5, 0.6) is 0 Å². The molecule has 2 amide bonds. The molecule has 0 bridgehead atoms. The van der Waals surface area contributed by atoms with Gasteiger partial charge in [-0.15, -0.1) is 0 Å². The first-order chi connectivity index (χ1) is 16.3. The second-order valence-electron chi connectivity index (χ2n) is 8.73. The Bertz CT molecular complexity index is 1190. The van der Waals surface area contributed by atoms with Crippen molar-refractivity contribution in [2.24, 2.45) is 0 Å². The maximum Gasteiger partial charge on any atom is 0.407 e. The largest absolute Gasteiger partial charge is 0.481 e. The lowest BCUT2D eigenvalue weighted by Crippen LogP contribution is -2.34. The summed E-state index contributed by atoms with van der Waals surface area (Å²) in [4.78, 5) is 35.8. The molecule has 4 rings (SSSR count). The summed E-state index contributed by atoms with van der Waals surface area (Å²) in [5, 5.41) is 14.5. The molecule has 7 heteroatoms. The molecule has 3 aromatic rings. The Labute approximate surface area is 197 Å². The summed E-state index contributed by atoms with van der Waals surface area (Å²) < 4.78 is 5.43. The summed E-state index contributed by atoms with van der Waals surface area (Å²) in [6.07, 6.45) is -0.671.